The van der Waals surface area contributed by atoms with Crippen LogP contribution in [0, 0.1) is 0 Å². The van der Waals surface area contributed by atoms with Gasteiger partial charge in [-0.2, -0.15) is 0 Å². The van der Waals surface area contributed by atoms with Gasteiger partial charge < -0.3 is 19.3 Å². The van der Waals surface area contributed by atoms with E-state index >= 15 is 0 Å². The molecule has 2 heterocycles. The van der Waals surface area contributed by atoms with E-state index in [-0.39, 0.29) is 5.91 Å². The molecule has 1 unspecified atom stereocenters. The van der Waals surface area contributed by atoms with Crippen molar-refractivity contribution >= 4 is 11.7 Å². The molecule has 0 bridgehead atoms. The van der Waals surface area contributed by atoms with Crippen LogP contribution in [0.5, 0.6) is 11.5 Å². The maximum Gasteiger partial charge on any atom is 0.263 e. The fourth-order valence-electron chi connectivity index (χ4n) is 3.90. The molecule has 1 aliphatic rings. The van der Waals surface area contributed by atoms with Gasteiger partial charge in [0.05, 0.1) is 12.8 Å². The minimum absolute atomic E-state index is 0.00803. The second-order valence-electron chi connectivity index (χ2n) is 8.08. The van der Waals surface area contributed by atoms with E-state index in [0.29, 0.717) is 26.2 Å². The lowest BCUT2D eigenvalue weighted by Gasteiger charge is -2.36. The van der Waals surface area contributed by atoms with Crippen molar-refractivity contribution in [2.45, 2.75) is 26.4 Å². The summed E-state index contributed by atoms with van der Waals surface area (Å²) in [7, 11) is 1.65. The first kappa shape index (κ1) is 22.6. The molecular formula is C26H30N4O3. The molecule has 0 spiro atoms. The summed E-state index contributed by atoms with van der Waals surface area (Å²) in [4.78, 5) is 16.9. The molecule has 2 aromatic carbocycles. The number of hydrogen-bond acceptors (Lipinski definition) is 6. The van der Waals surface area contributed by atoms with Crippen LogP contribution in [0.2, 0.25) is 0 Å². The van der Waals surface area contributed by atoms with Crippen LogP contribution in [-0.4, -0.2) is 60.4 Å². The Hall–Kier alpha value is -3.61. The van der Waals surface area contributed by atoms with E-state index in [4.69, 9.17) is 9.47 Å². The van der Waals surface area contributed by atoms with Crippen molar-refractivity contribution in [2.24, 2.45) is 0 Å². The maximum absolute atomic E-state index is 12.9. The molecule has 0 aliphatic carbocycles. The number of nitrogens with zero attached hydrogens (tertiary/aromatic N) is 4. The van der Waals surface area contributed by atoms with Gasteiger partial charge in [0.2, 0.25) is 0 Å². The van der Waals surface area contributed by atoms with E-state index in [1.807, 2.05) is 72.5 Å². The molecule has 7 heteroatoms. The summed E-state index contributed by atoms with van der Waals surface area (Å²) < 4.78 is 11.2. The Morgan fingerprint density at radius 1 is 0.970 bits per heavy atom. The Morgan fingerprint density at radius 2 is 1.73 bits per heavy atom. The van der Waals surface area contributed by atoms with Crippen LogP contribution in [0.25, 0.3) is 11.3 Å². The fourth-order valence-corrected chi connectivity index (χ4v) is 3.90. The summed E-state index contributed by atoms with van der Waals surface area (Å²) in [5, 5.41) is 8.81. The van der Waals surface area contributed by atoms with Crippen LogP contribution >= 0.6 is 0 Å². The first-order valence-electron chi connectivity index (χ1n) is 11.3. The van der Waals surface area contributed by atoms with E-state index in [0.717, 1.165) is 35.0 Å². The summed E-state index contributed by atoms with van der Waals surface area (Å²) in [5.41, 5.74) is 3.00. The van der Waals surface area contributed by atoms with E-state index in [1.54, 1.807) is 7.11 Å². The van der Waals surface area contributed by atoms with Crippen molar-refractivity contribution in [1.82, 2.24) is 15.1 Å². The van der Waals surface area contributed by atoms with Crippen molar-refractivity contribution < 1.29 is 14.3 Å². The molecule has 0 radical (unpaired) electrons. The zero-order valence-electron chi connectivity index (χ0n) is 19.4. The molecular weight excluding hydrogens is 416 g/mol. The quantitative estimate of drug-likeness (QED) is 0.550. The molecule has 1 fully saturated rings. The Kier molecular flexibility index (Phi) is 7.07. The number of benzene rings is 2. The van der Waals surface area contributed by atoms with Crippen molar-refractivity contribution in [3.05, 3.63) is 66.2 Å². The summed E-state index contributed by atoms with van der Waals surface area (Å²) in [6.45, 7) is 6.59. The maximum atomic E-state index is 12.9. The summed E-state index contributed by atoms with van der Waals surface area (Å²) >= 11 is 0. The number of rotatable bonds is 7. The molecule has 1 aromatic heterocycles. The Bertz CT molecular complexity index is 1060. The van der Waals surface area contributed by atoms with Crippen LogP contribution in [0.1, 0.15) is 19.4 Å². The van der Waals surface area contributed by atoms with Crippen molar-refractivity contribution in [3.63, 3.8) is 0 Å². The standard InChI is InChI=1S/C26H30N4O3/c1-4-20-8-10-22(11-9-20)33-19(2)26(31)30-16-14-29(15-17-30)25-13-12-24(27-28-25)21-6-5-7-23(18-21)32-3/h5-13,18-19H,4,14-17H2,1-3H3. The van der Waals surface area contributed by atoms with Crippen LogP contribution < -0.4 is 14.4 Å². The lowest BCUT2D eigenvalue weighted by Crippen LogP contribution is -2.52. The minimum atomic E-state index is -0.522. The SMILES string of the molecule is CCc1ccc(OC(C)C(=O)N2CCN(c3ccc(-c4cccc(OC)c4)nn3)CC2)cc1. The number of aryl methyl sites for hydroxylation is 1. The third-order valence-corrected chi connectivity index (χ3v) is 5.92. The Balaban J connectivity index is 1.31. The highest BCUT2D eigenvalue weighted by molar-refractivity contribution is 5.81. The highest BCUT2D eigenvalue weighted by Crippen LogP contribution is 2.23. The smallest absolute Gasteiger partial charge is 0.263 e. The number of ether oxygens (including phenoxy) is 2. The third kappa shape index (κ3) is 5.42. The number of carbonyl (C=O) groups excluding carboxylic acids is 1. The molecule has 1 saturated heterocycles. The molecule has 0 N–H and O–H groups in total. The number of piperazine rings is 1. The number of anilines is 1. The van der Waals surface area contributed by atoms with E-state index in [1.165, 1.54) is 5.56 Å². The van der Waals surface area contributed by atoms with E-state index in [2.05, 4.69) is 22.0 Å². The molecule has 1 aliphatic heterocycles. The molecule has 1 atom stereocenters. The van der Waals surface area contributed by atoms with Gasteiger partial charge in [-0.25, -0.2) is 0 Å². The van der Waals surface area contributed by atoms with Gasteiger partial charge in [-0.3, -0.25) is 4.79 Å². The molecule has 4 rings (SSSR count). The topological polar surface area (TPSA) is 67.8 Å². The number of amides is 1. The minimum Gasteiger partial charge on any atom is -0.497 e. The zero-order valence-corrected chi connectivity index (χ0v) is 19.4. The second kappa shape index (κ2) is 10.3. The van der Waals surface area contributed by atoms with Crippen molar-refractivity contribution in [3.8, 4) is 22.8 Å². The zero-order chi connectivity index (χ0) is 23.2. The molecule has 0 saturated carbocycles. The largest absolute Gasteiger partial charge is 0.497 e. The predicted molar refractivity (Wildman–Crippen MR) is 129 cm³/mol. The summed E-state index contributed by atoms with van der Waals surface area (Å²) in [6.07, 6.45) is 0.457. The van der Waals surface area contributed by atoms with Gasteiger partial charge in [-0.05, 0) is 55.3 Å². The van der Waals surface area contributed by atoms with Gasteiger partial charge in [0.15, 0.2) is 11.9 Å². The number of hydrogen-bond donors (Lipinski definition) is 0. The number of carbonyl (C=O) groups is 1. The monoisotopic (exact) mass is 446 g/mol. The fraction of sp³-hybridized carbons (Fsp3) is 0.346. The van der Waals surface area contributed by atoms with E-state index in [9.17, 15) is 4.79 Å². The molecule has 33 heavy (non-hydrogen) atoms. The number of aromatic nitrogens is 2. The van der Waals surface area contributed by atoms with Gasteiger partial charge in [0.25, 0.3) is 5.91 Å². The van der Waals surface area contributed by atoms with Gasteiger partial charge in [0.1, 0.15) is 11.5 Å². The highest BCUT2D eigenvalue weighted by atomic mass is 16.5. The second-order valence-corrected chi connectivity index (χ2v) is 8.08. The first-order chi connectivity index (χ1) is 16.1. The van der Waals surface area contributed by atoms with Gasteiger partial charge >= 0.3 is 0 Å². The normalized spacial score (nSPS) is 14.6. The highest BCUT2D eigenvalue weighted by Gasteiger charge is 2.26. The van der Waals surface area contributed by atoms with E-state index < -0.39 is 6.10 Å². The Morgan fingerprint density at radius 3 is 2.36 bits per heavy atom. The number of methoxy groups -OCH3 is 1. The predicted octanol–water partition coefficient (Wildman–Crippen LogP) is 3.83. The molecule has 1 amide bonds. The first-order valence-corrected chi connectivity index (χ1v) is 11.3. The van der Waals surface area contributed by atoms with Crippen LogP contribution in [-0.2, 0) is 11.2 Å². The lowest BCUT2D eigenvalue weighted by molar-refractivity contribution is -0.138. The van der Waals surface area contributed by atoms with Gasteiger partial charge in [-0.15, -0.1) is 10.2 Å². The van der Waals surface area contributed by atoms with Gasteiger partial charge in [-0.1, -0.05) is 31.2 Å². The molecule has 172 valence electrons. The average molecular weight is 447 g/mol. The van der Waals surface area contributed by atoms with Crippen LogP contribution in [0.4, 0.5) is 5.82 Å². The molecule has 3 aromatic rings. The average Bonchev–Trinajstić information content (AvgIpc) is 2.89. The van der Waals surface area contributed by atoms with Crippen molar-refractivity contribution in [1.29, 1.82) is 0 Å². The van der Waals surface area contributed by atoms with Crippen LogP contribution in [0.15, 0.2) is 60.7 Å². The summed E-state index contributed by atoms with van der Waals surface area (Å²) in [6, 6.07) is 19.6. The lowest BCUT2D eigenvalue weighted by atomic mass is 10.1. The van der Waals surface area contributed by atoms with Crippen molar-refractivity contribution in [2.75, 3.05) is 38.2 Å². The van der Waals surface area contributed by atoms with Gasteiger partial charge in [0, 0.05) is 31.7 Å². The Labute approximate surface area is 195 Å². The third-order valence-electron chi connectivity index (χ3n) is 5.92. The van der Waals surface area contributed by atoms with Crippen LogP contribution in [0.3, 0.4) is 0 Å². The summed E-state index contributed by atoms with van der Waals surface area (Å²) in [5.74, 6) is 2.33. The molecule has 7 nitrogen and oxygen atoms in total.